The molecule has 0 amide bonds. The van der Waals surface area contributed by atoms with E-state index in [2.05, 4.69) is 37.9 Å². The standard InChI is InChI=1S/C16H29N3S/c1-5-8-14-15(11-17-6-2)20-16(18-14)19-10-7-9-12(3)13(19)4/h12-13,17H,5-11H2,1-4H3. The first-order chi connectivity index (χ1) is 9.67. The van der Waals surface area contributed by atoms with Gasteiger partial charge in [0.1, 0.15) is 0 Å². The lowest BCUT2D eigenvalue weighted by Crippen LogP contribution is -2.42. The Kier molecular flexibility index (Phi) is 5.85. The van der Waals surface area contributed by atoms with E-state index in [0.29, 0.717) is 6.04 Å². The highest BCUT2D eigenvalue weighted by atomic mass is 32.1. The summed E-state index contributed by atoms with van der Waals surface area (Å²) in [5.74, 6) is 0.777. The molecule has 1 saturated heterocycles. The first-order valence-electron chi connectivity index (χ1n) is 8.13. The van der Waals surface area contributed by atoms with E-state index in [0.717, 1.165) is 25.4 Å². The van der Waals surface area contributed by atoms with Gasteiger partial charge in [0, 0.05) is 24.0 Å². The van der Waals surface area contributed by atoms with Crippen LogP contribution in [0.2, 0.25) is 0 Å². The van der Waals surface area contributed by atoms with Crippen molar-refractivity contribution < 1.29 is 0 Å². The van der Waals surface area contributed by atoms with Crippen LogP contribution in [0.5, 0.6) is 0 Å². The van der Waals surface area contributed by atoms with Gasteiger partial charge in [-0.1, -0.05) is 27.2 Å². The minimum Gasteiger partial charge on any atom is -0.345 e. The average Bonchev–Trinajstić information content (AvgIpc) is 2.83. The summed E-state index contributed by atoms with van der Waals surface area (Å²) in [4.78, 5) is 8.94. The maximum atomic E-state index is 4.97. The lowest BCUT2D eigenvalue weighted by molar-refractivity contribution is 0.363. The van der Waals surface area contributed by atoms with Gasteiger partial charge in [0.15, 0.2) is 5.13 Å². The minimum atomic E-state index is 0.622. The fourth-order valence-corrected chi connectivity index (χ4v) is 4.10. The Morgan fingerprint density at radius 3 is 2.85 bits per heavy atom. The van der Waals surface area contributed by atoms with Gasteiger partial charge in [-0.25, -0.2) is 4.98 Å². The zero-order valence-electron chi connectivity index (χ0n) is 13.4. The van der Waals surface area contributed by atoms with Gasteiger partial charge in [0.05, 0.1) is 5.69 Å². The second kappa shape index (κ2) is 7.41. The van der Waals surface area contributed by atoms with Crippen molar-refractivity contribution in [2.45, 2.75) is 66.0 Å². The van der Waals surface area contributed by atoms with Crippen molar-refractivity contribution in [2.24, 2.45) is 5.92 Å². The van der Waals surface area contributed by atoms with Crippen molar-refractivity contribution in [1.82, 2.24) is 10.3 Å². The van der Waals surface area contributed by atoms with Crippen molar-refractivity contribution in [3.63, 3.8) is 0 Å². The molecule has 20 heavy (non-hydrogen) atoms. The lowest BCUT2D eigenvalue weighted by atomic mass is 9.93. The summed E-state index contributed by atoms with van der Waals surface area (Å²) < 4.78 is 0. The number of aryl methyl sites for hydroxylation is 1. The highest BCUT2D eigenvalue weighted by Crippen LogP contribution is 2.33. The maximum absolute atomic E-state index is 4.97. The van der Waals surface area contributed by atoms with Crippen molar-refractivity contribution in [3.8, 4) is 0 Å². The molecular formula is C16H29N3S. The first-order valence-corrected chi connectivity index (χ1v) is 8.94. The number of hydrogen-bond donors (Lipinski definition) is 1. The van der Waals surface area contributed by atoms with Gasteiger partial charge < -0.3 is 10.2 Å². The molecule has 3 nitrogen and oxygen atoms in total. The third kappa shape index (κ3) is 3.53. The molecular weight excluding hydrogens is 266 g/mol. The third-order valence-electron chi connectivity index (χ3n) is 4.41. The van der Waals surface area contributed by atoms with Crippen LogP contribution in [-0.4, -0.2) is 24.1 Å². The molecule has 4 heteroatoms. The van der Waals surface area contributed by atoms with Crippen molar-refractivity contribution in [3.05, 3.63) is 10.6 Å². The zero-order valence-corrected chi connectivity index (χ0v) is 14.2. The molecule has 2 unspecified atom stereocenters. The zero-order chi connectivity index (χ0) is 14.5. The second-order valence-electron chi connectivity index (χ2n) is 5.95. The summed E-state index contributed by atoms with van der Waals surface area (Å²) in [5.41, 5.74) is 1.32. The van der Waals surface area contributed by atoms with E-state index < -0.39 is 0 Å². The molecule has 0 bridgehead atoms. The molecule has 2 atom stereocenters. The number of anilines is 1. The van der Waals surface area contributed by atoms with Crippen LogP contribution in [0.15, 0.2) is 0 Å². The van der Waals surface area contributed by atoms with Gasteiger partial charge in [-0.15, -0.1) is 11.3 Å². The number of nitrogens with one attached hydrogen (secondary N) is 1. The normalized spacial score (nSPS) is 23.3. The number of thiazole rings is 1. The quantitative estimate of drug-likeness (QED) is 0.864. The molecule has 1 N–H and O–H groups in total. The van der Waals surface area contributed by atoms with Gasteiger partial charge in [0.2, 0.25) is 0 Å². The molecule has 2 rings (SSSR count). The number of rotatable bonds is 6. The molecule has 0 radical (unpaired) electrons. The van der Waals surface area contributed by atoms with E-state index >= 15 is 0 Å². The summed E-state index contributed by atoms with van der Waals surface area (Å²) in [6, 6.07) is 0.622. The summed E-state index contributed by atoms with van der Waals surface area (Å²) in [6.45, 7) is 12.3. The minimum absolute atomic E-state index is 0.622. The first kappa shape index (κ1) is 15.8. The Balaban J connectivity index is 2.18. The Labute approximate surface area is 127 Å². The molecule has 1 aromatic heterocycles. The molecule has 0 saturated carbocycles. The SMILES string of the molecule is CCCc1nc(N2CCCC(C)C2C)sc1CNCC. The molecule has 2 heterocycles. The van der Waals surface area contributed by atoms with Gasteiger partial charge >= 0.3 is 0 Å². The van der Waals surface area contributed by atoms with E-state index in [1.807, 2.05) is 11.3 Å². The van der Waals surface area contributed by atoms with Crippen LogP contribution in [0, 0.1) is 5.92 Å². The van der Waals surface area contributed by atoms with Crippen LogP contribution in [0.25, 0.3) is 0 Å². The molecule has 1 aliphatic heterocycles. The van der Waals surface area contributed by atoms with E-state index in [1.54, 1.807) is 0 Å². The summed E-state index contributed by atoms with van der Waals surface area (Å²) >= 11 is 1.90. The predicted octanol–water partition coefficient (Wildman–Crippen LogP) is 3.83. The Hall–Kier alpha value is -0.610. The molecule has 0 aromatic carbocycles. The Morgan fingerprint density at radius 2 is 2.15 bits per heavy atom. The Bertz CT molecular complexity index is 416. The summed E-state index contributed by atoms with van der Waals surface area (Å²) in [5, 5.41) is 4.70. The van der Waals surface area contributed by atoms with Crippen molar-refractivity contribution in [2.75, 3.05) is 18.0 Å². The largest absolute Gasteiger partial charge is 0.345 e. The predicted molar refractivity (Wildman–Crippen MR) is 88.7 cm³/mol. The molecule has 1 fully saturated rings. The smallest absolute Gasteiger partial charge is 0.186 e. The van der Waals surface area contributed by atoms with E-state index in [9.17, 15) is 0 Å². The van der Waals surface area contributed by atoms with Gasteiger partial charge in [-0.3, -0.25) is 0 Å². The van der Waals surface area contributed by atoms with Crippen LogP contribution in [0.1, 0.15) is 57.5 Å². The van der Waals surface area contributed by atoms with Crippen LogP contribution in [-0.2, 0) is 13.0 Å². The average molecular weight is 295 g/mol. The number of nitrogens with zero attached hydrogens (tertiary/aromatic N) is 2. The topological polar surface area (TPSA) is 28.2 Å². The van der Waals surface area contributed by atoms with Crippen molar-refractivity contribution >= 4 is 16.5 Å². The second-order valence-corrected chi connectivity index (χ2v) is 7.01. The summed E-state index contributed by atoms with van der Waals surface area (Å²) in [6.07, 6.45) is 4.94. The van der Waals surface area contributed by atoms with Gasteiger partial charge in [-0.2, -0.15) is 0 Å². The fourth-order valence-electron chi connectivity index (χ4n) is 2.91. The molecule has 0 spiro atoms. The van der Waals surface area contributed by atoms with Gasteiger partial charge in [0.25, 0.3) is 0 Å². The summed E-state index contributed by atoms with van der Waals surface area (Å²) in [7, 11) is 0. The highest BCUT2D eigenvalue weighted by Gasteiger charge is 2.27. The van der Waals surface area contributed by atoms with Crippen molar-refractivity contribution in [1.29, 1.82) is 0 Å². The van der Waals surface area contributed by atoms with Crippen LogP contribution < -0.4 is 10.2 Å². The van der Waals surface area contributed by atoms with E-state index in [-0.39, 0.29) is 0 Å². The third-order valence-corrected chi connectivity index (χ3v) is 5.54. The van der Waals surface area contributed by atoms with E-state index in [4.69, 9.17) is 4.98 Å². The van der Waals surface area contributed by atoms with Crippen LogP contribution in [0.3, 0.4) is 0 Å². The molecule has 1 aliphatic rings. The Morgan fingerprint density at radius 1 is 1.35 bits per heavy atom. The fraction of sp³-hybridized carbons (Fsp3) is 0.812. The van der Waals surface area contributed by atoms with Crippen LogP contribution >= 0.6 is 11.3 Å². The van der Waals surface area contributed by atoms with E-state index in [1.165, 1.54) is 41.5 Å². The highest BCUT2D eigenvalue weighted by molar-refractivity contribution is 7.15. The maximum Gasteiger partial charge on any atom is 0.186 e. The lowest BCUT2D eigenvalue weighted by Gasteiger charge is -2.37. The number of aromatic nitrogens is 1. The molecule has 114 valence electrons. The van der Waals surface area contributed by atoms with Gasteiger partial charge in [-0.05, 0) is 38.6 Å². The number of hydrogen-bond acceptors (Lipinski definition) is 4. The molecule has 1 aromatic rings. The molecule has 0 aliphatic carbocycles. The van der Waals surface area contributed by atoms with Crippen LogP contribution in [0.4, 0.5) is 5.13 Å². The monoisotopic (exact) mass is 295 g/mol. The number of piperidine rings is 1.